The normalized spacial score (nSPS) is 19.4. The van der Waals surface area contributed by atoms with Gasteiger partial charge in [-0.15, -0.1) is 0 Å². The summed E-state index contributed by atoms with van der Waals surface area (Å²) in [6.45, 7) is 5.29. The highest BCUT2D eigenvalue weighted by molar-refractivity contribution is 5.30. The van der Waals surface area contributed by atoms with Crippen molar-refractivity contribution in [3.05, 3.63) is 17.0 Å². The van der Waals surface area contributed by atoms with Crippen LogP contribution in [0.5, 0.6) is 0 Å². The Hall–Kier alpha value is -0.830. The Labute approximate surface area is 84.9 Å². The Morgan fingerprint density at radius 1 is 1.50 bits per heavy atom. The fraction of sp³-hybridized carbons (Fsp3) is 0.727. The summed E-state index contributed by atoms with van der Waals surface area (Å²) >= 11 is 0. The lowest BCUT2D eigenvalue weighted by atomic mass is 9.77. The second-order valence-electron chi connectivity index (χ2n) is 4.70. The van der Waals surface area contributed by atoms with Gasteiger partial charge >= 0.3 is 0 Å². The van der Waals surface area contributed by atoms with Crippen molar-refractivity contribution < 1.29 is 4.52 Å². The van der Waals surface area contributed by atoms with Crippen molar-refractivity contribution in [3.8, 4) is 0 Å². The van der Waals surface area contributed by atoms with Gasteiger partial charge in [0.15, 0.2) is 0 Å². The average molecular weight is 194 g/mol. The summed E-state index contributed by atoms with van der Waals surface area (Å²) in [7, 11) is 1.94. The third-order valence-electron chi connectivity index (χ3n) is 3.06. The van der Waals surface area contributed by atoms with Gasteiger partial charge in [0, 0.05) is 17.5 Å². The van der Waals surface area contributed by atoms with E-state index in [2.05, 4.69) is 24.3 Å². The van der Waals surface area contributed by atoms with E-state index in [0.717, 1.165) is 24.4 Å². The molecule has 0 saturated heterocycles. The molecule has 14 heavy (non-hydrogen) atoms. The Morgan fingerprint density at radius 3 is 3.00 bits per heavy atom. The minimum atomic E-state index is 0.173. The van der Waals surface area contributed by atoms with E-state index in [-0.39, 0.29) is 5.41 Å². The molecule has 1 heterocycles. The smallest absolute Gasteiger partial charge is 0.145 e. The zero-order chi connectivity index (χ0) is 10.2. The number of fused-ring (bicyclic) bond motifs is 1. The van der Waals surface area contributed by atoms with Gasteiger partial charge in [-0.1, -0.05) is 19.0 Å². The maximum atomic E-state index is 5.46. The summed E-state index contributed by atoms with van der Waals surface area (Å²) in [5.74, 6) is 1.11. The van der Waals surface area contributed by atoms with E-state index in [4.69, 9.17) is 4.52 Å². The number of nitrogens with one attached hydrogen (secondary N) is 1. The van der Waals surface area contributed by atoms with Crippen molar-refractivity contribution >= 4 is 0 Å². The van der Waals surface area contributed by atoms with Crippen molar-refractivity contribution in [1.82, 2.24) is 10.5 Å². The molecule has 0 bridgehead atoms. The second-order valence-corrected chi connectivity index (χ2v) is 4.70. The van der Waals surface area contributed by atoms with Crippen LogP contribution in [0.1, 0.15) is 43.7 Å². The van der Waals surface area contributed by atoms with Crippen molar-refractivity contribution in [3.63, 3.8) is 0 Å². The molecule has 1 N–H and O–H groups in total. The van der Waals surface area contributed by atoms with E-state index in [1.807, 2.05) is 7.05 Å². The third-order valence-corrected chi connectivity index (χ3v) is 3.06. The average Bonchev–Trinajstić information content (AvgIpc) is 2.50. The van der Waals surface area contributed by atoms with Gasteiger partial charge in [0.25, 0.3) is 0 Å². The van der Waals surface area contributed by atoms with Gasteiger partial charge < -0.3 is 9.84 Å². The summed E-state index contributed by atoms with van der Waals surface area (Å²) in [5.41, 5.74) is 2.61. The highest BCUT2D eigenvalue weighted by atomic mass is 16.5. The predicted octanol–water partition coefficient (Wildman–Crippen LogP) is 2.01. The second kappa shape index (κ2) is 3.39. The standard InChI is InChI=1S/C11H18N2O/c1-11(2)6-4-5-8-9(7-12-3)13-14-10(8)11/h12H,4-7H2,1-3H3. The maximum Gasteiger partial charge on any atom is 0.145 e. The Morgan fingerprint density at radius 2 is 2.29 bits per heavy atom. The van der Waals surface area contributed by atoms with Crippen LogP contribution in [-0.4, -0.2) is 12.2 Å². The van der Waals surface area contributed by atoms with E-state index >= 15 is 0 Å². The summed E-state index contributed by atoms with van der Waals surface area (Å²) in [5, 5.41) is 7.27. The molecule has 0 saturated carbocycles. The Kier molecular flexibility index (Phi) is 2.35. The fourth-order valence-corrected chi connectivity index (χ4v) is 2.26. The van der Waals surface area contributed by atoms with Crippen LogP contribution in [-0.2, 0) is 18.4 Å². The summed E-state index contributed by atoms with van der Waals surface area (Å²) in [6, 6.07) is 0. The molecule has 0 aliphatic heterocycles. The topological polar surface area (TPSA) is 38.1 Å². The predicted molar refractivity (Wildman–Crippen MR) is 55.2 cm³/mol. The number of nitrogens with zero attached hydrogens (tertiary/aromatic N) is 1. The van der Waals surface area contributed by atoms with Gasteiger partial charge in [-0.3, -0.25) is 0 Å². The number of rotatable bonds is 2. The molecule has 3 heteroatoms. The van der Waals surface area contributed by atoms with Gasteiger partial charge in [0.1, 0.15) is 11.5 Å². The van der Waals surface area contributed by atoms with Crippen molar-refractivity contribution in [2.75, 3.05) is 7.05 Å². The molecule has 1 aromatic rings. The summed E-state index contributed by atoms with van der Waals surface area (Å²) in [6.07, 6.45) is 3.57. The SMILES string of the molecule is CNCc1noc2c1CCCC2(C)C. The zero-order valence-corrected chi connectivity index (χ0v) is 9.18. The largest absolute Gasteiger partial charge is 0.360 e. The maximum absolute atomic E-state index is 5.46. The molecule has 0 radical (unpaired) electrons. The number of hydrogen-bond donors (Lipinski definition) is 1. The van der Waals surface area contributed by atoms with Crippen LogP contribution in [0, 0.1) is 0 Å². The van der Waals surface area contributed by atoms with E-state index in [0.29, 0.717) is 0 Å². The molecule has 1 aromatic heterocycles. The quantitative estimate of drug-likeness (QED) is 0.782. The van der Waals surface area contributed by atoms with Crippen LogP contribution in [0.4, 0.5) is 0 Å². The van der Waals surface area contributed by atoms with Crippen molar-refractivity contribution in [1.29, 1.82) is 0 Å². The van der Waals surface area contributed by atoms with Gasteiger partial charge in [0.2, 0.25) is 0 Å². The molecule has 2 rings (SSSR count). The van der Waals surface area contributed by atoms with Gasteiger partial charge in [-0.25, -0.2) is 0 Å². The van der Waals surface area contributed by atoms with E-state index in [1.165, 1.54) is 18.4 Å². The molecule has 0 spiro atoms. The van der Waals surface area contributed by atoms with Crippen LogP contribution >= 0.6 is 0 Å². The van der Waals surface area contributed by atoms with Crippen molar-refractivity contribution in [2.45, 2.75) is 45.1 Å². The molecule has 0 unspecified atom stereocenters. The highest BCUT2D eigenvalue weighted by Gasteiger charge is 2.33. The first-order valence-electron chi connectivity index (χ1n) is 5.27. The minimum absolute atomic E-state index is 0.173. The molecule has 78 valence electrons. The Balaban J connectivity index is 2.38. The molecule has 0 amide bonds. The molecule has 1 aliphatic carbocycles. The number of hydrogen-bond acceptors (Lipinski definition) is 3. The lowest BCUT2D eigenvalue weighted by Crippen LogP contribution is -2.23. The van der Waals surface area contributed by atoms with E-state index in [1.54, 1.807) is 0 Å². The van der Waals surface area contributed by atoms with E-state index in [9.17, 15) is 0 Å². The molecule has 3 nitrogen and oxygen atoms in total. The van der Waals surface area contributed by atoms with Crippen molar-refractivity contribution in [2.24, 2.45) is 0 Å². The third kappa shape index (κ3) is 1.46. The molecule has 0 fully saturated rings. The molecular formula is C11H18N2O. The van der Waals surface area contributed by atoms with Gasteiger partial charge in [0.05, 0.1) is 0 Å². The number of aromatic nitrogens is 1. The monoisotopic (exact) mass is 194 g/mol. The summed E-state index contributed by atoms with van der Waals surface area (Å²) in [4.78, 5) is 0. The molecular weight excluding hydrogens is 176 g/mol. The molecule has 0 aromatic carbocycles. The lowest BCUT2D eigenvalue weighted by Gasteiger charge is -2.27. The fourth-order valence-electron chi connectivity index (χ4n) is 2.26. The highest BCUT2D eigenvalue weighted by Crippen LogP contribution is 2.37. The van der Waals surface area contributed by atoms with Crippen LogP contribution < -0.4 is 5.32 Å². The molecule has 0 atom stereocenters. The summed E-state index contributed by atoms with van der Waals surface area (Å²) < 4.78 is 5.46. The first-order valence-corrected chi connectivity index (χ1v) is 5.27. The minimum Gasteiger partial charge on any atom is -0.360 e. The Bertz CT molecular complexity index is 328. The van der Waals surface area contributed by atoms with Crippen LogP contribution in [0.3, 0.4) is 0 Å². The van der Waals surface area contributed by atoms with Crippen LogP contribution in [0.15, 0.2) is 4.52 Å². The molecule has 1 aliphatic rings. The van der Waals surface area contributed by atoms with Gasteiger partial charge in [-0.2, -0.15) is 0 Å². The zero-order valence-electron chi connectivity index (χ0n) is 9.18. The lowest BCUT2D eigenvalue weighted by molar-refractivity contribution is 0.286. The van der Waals surface area contributed by atoms with Crippen LogP contribution in [0.2, 0.25) is 0 Å². The first kappa shape index (κ1) is 9.71. The first-order chi connectivity index (χ1) is 6.65. The van der Waals surface area contributed by atoms with E-state index < -0.39 is 0 Å². The van der Waals surface area contributed by atoms with Gasteiger partial charge in [-0.05, 0) is 26.3 Å². The van der Waals surface area contributed by atoms with Crippen LogP contribution in [0.25, 0.3) is 0 Å².